The first-order valence-corrected chi connectivity index (χ1v) is 13.3. The second-order valence-electron chi connectivity index (χ2n) is 9.38. The summed E-state index contributed by atoms with van der Waals surface area (Å²) in [5.74, 6) is 1.57. The summed E-state index contributed by atoms with van der Waals surface area (Å²) in [5.41, 5.74) is 13.0. The monoisotopic (exact) mass is 497 g/mol. The van der Waals surface area contributed by atoms with E-state index < -0.39 is 0 Å². The Morgan fingerprint density at radius 1 is 1.25 bits per heavy atom. The van der Waals surface area contributed by atoms with Crippen LogP contribution in [0.25, 0.3) is 0 Å². The van der Waals surface area contributed by atoms with Crippen molar-refractivity contribution in [3.8, 4) is 0 Å². The molecule has 36 heavy (non-hydrogen) atoms. The summed E-state index contributed by atoms with van der Waals surface area (Å²) in [6.07, 6.45) is 18.2. The minimum Gasteiger partial charge on any atom is -0.494 e. The normalized spacial score (nSPS) is 23.0. The second kappa shape index (κ2) is 11.7. The largest absolute Gasteiger partial charge is 0.494 e. The van der Waals surface area contributed by atoms with Crippen molar-refractivity contribution < 1.29 is 9.47 Å². The van der Waals surface area contributed by atoms with Crippen molar-refractivity contribution in [2.24, 2.45) is 4.99 Å². The molecular formula is C32H35NO2S. The van der Waals surface area contributed by atoms with Crippen molar-refractivity contribution in [3.63, 3.8) is 0 Å². The molecule has 0 aromatic rings. The molecule has 0 bridgehead atoms. The fourth-order valence-corrected chi connectivity index (χ4v) is 5.81. The number of thioether (sulfide) groups is 1. The molecule has 0 amide bonds. The maximum absolute atomic E-state index is 6.12. The van der Waals surface area contributed by atoms with E-state index in [1.54, 1.807) is 6.08 Å². The van der Waals surface area contributed by atoms with Gasteiger partial charge in [-0.05, 0) is 81.4 Å². The SMILES string of the molecule is C=CCO/C(C)=C\C1=C2C(=NC(C)=CC/C(C3=C(C)CC=C=C(C4=CC(=C)CC=C4)S3)=C2/C)OCC1. The predicted molar refractivity (Wildman–Crippen MR) is 153 cm³/mol. The van der Waals surface area contributed by atoms with Crippen molar-refractivity contribution in [2.75, 3.05) is 13.2 Å². The first kappa shape index (κ1) is 25.9. The van der Waals surface area contributed by atoms with E-state index >= 15 is 0 Å². The standard InChI is InChI=1S/C32H35NO2S/c1-7-17-34-24(5)20-27-16-18-35-32-30(27)25(6)28(15-14-23(4)33-32)31-22(3)11-9-13-29(36-31)26-12-8-10-21(2)19-26/h7-9,12,14,19-20H,1-2,10-11,15-18H2,3-6H3/b23-14?,24-20-,28-25+,33-32?. The highest BCUT2D eigenvalue weighted by Gasteiger charge is 2.27. The lowest BCUT2D eigenvalue weighted by molar-refractivity contribution is 0.249. The van der Waals surface area contributed by atoms with Crippen molar-refractivity contribution in [2.45, 2.75) is 53.4 Å². The van der Waals surface area contributed by atoms with Crippen LogP contribution >= 0.6 is 11.8 Å². The number of allylic oxidation sites excluding steroid dienone is 11. The van der Waals surface area contributed by atoms with Crippen LogP contribution in [-0.4, -0.2) is 19.1 Å². The fraction of sp³-hybridized carbons (Fsp3) is 0.312. The lowest BCUT2D eigenvalue weighted by Crippen LogP contribution is -2.20. The molecule has 0 saturated carbocycles. The van der Waals surface area contributed by atoms with E-state index in [1.165, 1.54) is 32.8 Å². The Balaban J connectivity index is 1.84. The average molecular weight is 498 g/mol. The molecule has 1 aliphatic carbocycles. The second-order valence-corrected chi connectivity index (χ2v) is 10.4. The molecule has 4 aliphatic rings. The van der Waals surface area contributed by atoms with Gasteiger partial charge in [0, 0.05) is 22.6 Å². The van der Waals surface area contributed by atoms with Crippen LogP contribution in [-0.2, 0) is 9.47 Å². The van der Waals surface area contributed by atoms with Crippen LogP contribution in [0.3, 0.4) is 0 Å². The van der Waals surface area contributed by atoms with Gasteiger partial charge in [0.2, 0.25) is 5.90 Å². The molecule has 0 radical (unpaired) electrons. The van der Waals surface area contributed by atoms with Gasteiger partial charge < -0.3 is 9.47 Å². The van der Waals surface area contributed by atoms with Gasteiger partial charge in [0.1, 0.15) is 6.61 Å². The van der Waals surface area contributed by atoms with Crippen molar-refractivity contribution >= 4 is 17.7 Å². The Kier molecular flexibility index (Phi) is 8.40. The van der Waals surface area contributed by atoms with Crippen molar-refractivity contribution in [3.05, 3.63) is 122 Å². The lowest BCUT2D eigenvalue weighted by Gasteiger charge is -2.27. The molecule has 0 atom stereocenters. The predicted octanol–water partition coefficient (Wildman–Crippen LogP) is 8.72. The van der Waals surface area contributed by atoms with Crippen molar-refractivity contribution in [1.29, 1.82) is 0 Å². The van der Waals surface area contributed by atoms with Crippen LogP contribution in [0.1, 0.15) is 53.4 Å². The van der Waals surface area contributed by atoms with Crippen LogP contribution in [0.2, 0.25) is 0 Å². The maximum atomic E-state index is 6.12. The average Bonchev–Trinajstić information content (AvgIpc) is 3.04. The molecule has 3 heterocycles. The van der Waals surface area contributed by atoms with Gasteiger partial charge in [-0.15, -0.1) is 5.73 Å². The van der Waals surface area contributed by atoms with E-state index in [4.69, 9.17) is 14.5 Å². The first-order chi connectivity index (χ1) is 17.4. The molecular weight excluding hydrogens is 462 g/mol. The fourth-order valence-electron chi connectivity index (χ4n) is 4.60. The van der Waals surface area contributed by atoms with Gasteiger partial charge in [0.15, 0.2) is 0 Å². The third-order valence-electron chi connectivity index (χ3n) is 6.47. The van der Waals surface area contributed by atoms with Crippen molar-refractivity contribution in [1.82, 2.24) is 0 Å². The molecule has 3 nitrogen and oxygen atoms in total. The van der Waals surface area contributed by atoms with Gasteiger partial charge in [0.05, 0.1) is 17.3 Å². The minimum absolute atomic E-state index is 0.492. The van der Waals surface area contributed by atoms with Gasteiger partial charge >= 0.3 is 0 Å². The highest BCUT2D eigenvalue weighted by atomic mass is 32.2. The number of nitrogens with zero attached hydrogens (tertiary/aromatic N) is 1. The zero-order chi connectivity index (χ0) is 25.7. The summed E-state index contributed by atoms with van der Waals surface area (Å²) in [7, 11) is 0. The Hall–Kier alpha value is -3.20. The molecule has 186 valence electrons. The highest BCUT2D eigenvalue weighted by molar-refractivity contribution is 8.07. The molecule has 3 aliphatic heterocycles. The quantitative estimate of drug-likeness (QED) is 0.209. The van der Waals surface area contributed by atoms with Gasteiger partial charge in [-0.25, -0.2) is 4.99 Å². The molecule has 0 spiro atoms. The zero-order valence-corrected chi connectivity index (χ0v) is 22.7. The van der Waals surface area contributed by atoms with E-state index in [0.29, 0.717) is 19.1 Å². The Bertz CT molecular complexity index is 1300. The lowest BCUT2D eigenvalue weighted by atomic mass is 9.89. The van der Waals surface area contributed by atoms with Crippen LogP contribution < -0.4 is 0 Å². The van der Waals surface area contributed by atoms with E-state index in [2.05, 4.69) is 69.2 Å². The zero-order valence-electron chi connectivity index (χ0n) is 21.9. The van der Waals surface area contributed by atoms with E-state index in [1.807, 2.05) is 25.6 Å². The summed E-state index contributed by atoms with van der Waals surface area (Å²) in [6, 6.07) is 0. The smallest absolute Gasteiger partial charge is 0.221 e. The van der Waals surface area contributed by atoms with Crippen LogP contribution in [0.5, 0.6) is 0 Å². The molecule has 4 heteroatoms. The highest BCUT2D eigenvalue weighted by Crippen LogP contribution is 2.44. The van der Waals surface area contributed by atoms with Gasteiger partial charge in [-0.1, -0.05) is 66.4 Å². The summed E-state index contributed by atoms with van der Waals surface area (Å²) in [5, 5.41) is 0. The summed E-state index contributed by atoms with van der Waals surface area (Å²) in [6.45, 7) is 17.5. The number of aliphatic imine (C=N–C) groups is 1. The van der Waals surface area contributed by atoms with Gasteiger partial charge in [0.25, 0.3) is 0 Å². The number of hydrogen-bond donors (Lipinski definition) is 0. The summed E-state index contributed by atoms with van der Waals surface area (Å²) in [4.78, 5) is 7.29. The Morgan fingerprint density at radius 2 is 2.08 bits per heavy atom. The van der Waals surface area contributed by atoms with E-state index in [0.717, 1.165) is 53.2 Å². The van der Waals surface area contributed by atoms with Gasteiger partial charge in [-0.2, -0.15) is 0 Å². The van der Waals surface area contributed by atoms with Gasteiger partial charge in [-0.3, -0.25) is 0 Å². The van der Waals surface area contributed by atoms with E-state index in [9.17, 15) is 0 Å². The number of ether oxygens (including phenoxy) is 2. The molecule has 4 rings (SSSR count). The summed E-state index contributed by atoms with van der Waals surface area (Å²) >= 11 is 1.81. The molecule has 0 fully saturated rings. The Labute approximate surface area is 220 Å². The molecule has 0 unspecified atom stereocenters. The molecule has 0 aromatic heterocycles. The molecule has 0 N–H and O–H groups in total. The molecule has 0 aromatic carbocycles. The Morgan fingerprint density at radius 3 is 2.86 bits per heavy atom. The van der Waals surface area contributed by atoms with Crippen LogP contribution in [0.15, 0.2) is 127 Å². The number of rotatable bonds is 6. The van der Waals surface area contributed by atoms with Crippen LogP contribution in [0, 0.1) is 0 Å². The number of fused-ring (bicyclic) bond motifs is 1. The van der Waals surface area contributed by atoms with Crippen LogP contribution in [0.4, 0.5) is 0 Å². The number of hydrogen-bond acceptors (Lipinski definition) is 4. The molecule has 0 saturated heterocycles. The topological polar surface area (TPSA) is 30.8 Å². The maximum Gasteiger partial charge on any atom is 0.221 e. The summed E-state index contributed by atoms with van der Waals surface area (Å²) < 4.78 is 11.9. The minimum atomic E-state index is 0.492. The first-order valence-electron chi connectivity index (χ1n) is 12.5. The third kappa shape index (κ3) is 5.95. The van der Waals surface area contributed by atoms with E-state index in [-0.39, 0.29) is 0 Å². The third-order valence-corrected chi connectivity index (χ3v) is 7.82.